The molecule has 0 fully saturated rings. The van der Waals surface area contributed by atoms with Crippen LogP contribution in [0.3, 0.4) is 0 Å². The van der Waals surface area contributed by atoms with E-state index < -0.39 is 24.3 Å². The van der Waals surface area contributed by atoms with Crippen molar-refractivity contribution in [2.45, 2.75) is 399 Å². The van der Waals surface area contributed by atoms with Gasteiger partial charge >= 0.3 is 11.9 Å². The van der Waals surface area contributed by atoms with E-state index in [-0.39, 0.29) is 32.2 Å². The molecular formula is C76H145NO8. The van der Waals surface area contributed by atoms with Gasteiger partial charge in [-0.1, -0.05) is 334 Å². The molecule has 0 N–H and O–H groups in total. The molecule has 0 aliphatic rings. The van der Waals surface area contributed by atoms with E-state index in [2.05, 4.69) is 38.2 Å². The van der Waals surface area contributed by atoms with Crippen molar-refractivity contribution in [3.05, 3.63) is 24.3 Å². The highest BCUT2D eigenvalue weighted by molar-refractivity contribution is 5.70. The second-order valence-corrected chi connectivity index (χ2v) is 26.9. The number of carbonyl (C=O) groups is 3. The summed E-state index contributed by atoms with van der Waals surface area (Å²) in [5.74, 6) is -2.25. The summed E-state index contributed by atoms with van der Waals surface area (Å²) in [6.07, 6.45) is 81.5. The number of ether oxygens (including phenoxy) is 4. The Hall–Kier alpha value is -2.23. The Balaban J connectivity index is 3.98. The third-order valence-electron chi connectivity index (χ3n) is 17.2. The number of hydrogen-bond acceptors (Lipinski definition) is 8. The standard InChI is InChI=1S/C76H145NO8/c1-6-8-10-12-14-16-18-20-22-24-26-28-30-31-32-33-34-35-36-37-38-39-40-41-42-43-45-47-49-51-53-55-57-59-61-63-65-67-74(79)85-72(71-84-76(75(80)81)82-69-68-77(3,4)5)70-83-73(78)66-64-62-60-58-56-54-52-50-48-46-44-29-27-25-23-21-19-17-15-13-11-9-7-2/h24-27,72,76H,6-23,28-71H2,1-5H3/b26-24-,27-25-. The van der Waals surface area contributed by atoms with Crippen molar-refractivity contribution in [1.82, 2.24) is 0 Å². The van der Waals surface area contributed by atoms with E-state index in [1.165, 1.54) is 321 Å². The van der Waals surface area contributed by atoms with Gasteiger partial charge in [0, 0.05) is 12.8 Å². The molecule has 9 heteroatoms. The smallest absolute Gasteiger partial charge is 0.306 e. The van der Waals surface area contributed by atoms with E-state index in [0.717, 1.165) is 38.5 Å². The Morgan fingerprint density at radius 2 is 0.600 bits per heavy atom. The molecule has 0 aromatic carbocycles. The van der Waals surface area contributed by atoms with Crippen LogP contribution in [0.5, 0.6) is 0 Å². The van der Waals surface area contributed by atoms with Crippen LogP contribution in [-0.4, -0.2) is 82.3 Å². The summed E-state index contributed by atoms with van der Waals surface area (Å²) in [5.41, 5.74) is 0. The summed E-state index contributed by atoms with van der Waals surface area (Å²) in [5, 5.41) is 11.8. The van der Waals surface area contributed by atoms with Crippen LogP contribution in [0, 0.1) is 0 Å². The molecule has 0 saturated heterocycles. The van der Waals surface area contributed by atoms with Gasteiger partial charge in [-0.15, -0.1) is 0 Å². The zero-order valence-electron chi connectivity index (χ0n) is 57.5. The van der Waals surface area contributed by atoms with Gasteiger partial charge in [-0.05, 0) is 64.2 Å². The van der Waals surface area contributed by atoms with Crippen LogP contribution >= 0.6 is 0 Å². The lowest BCUT2D eigenvalue weighted by Gasteiger charge is -2.26. The van der Waals surface area contributed by atoms with E-state index in [1.54, 1.807) is 0 Å². The molecule has 0 amide bonds. The third kappa shape index (κ3) is 69.1. The predicted octanol–water partition coefficient (Wildman–Crippen LogP) is 22.0. The van der Waals surface area contributed by atoms with Gasteiger partial charge in [0.25, 0.3) is 0 Å². The topological polar surface area (TPSA) is 111 Å². The van der Waals surface area contributed by atoms with Crippen molar-refractivity contribution in [3.63, 3.8) is 0 Å². The molecular weight excluding hydrogens is 1050 g/mol. The lowest BCUT2D eigenvalue weighted by atomic mass is 10.0. The molecule has 9 nitrogen and oxygen atoms in total. The molecule has 0 radical (unpaired) electrons. The second-order valence-electron chi connectivity index (χ2n) is 26.9. The molecule has 0 spiro atoms. The quantitative estimate of drug-likeness (QED) is 0.0195. The minimum atomic E-state index is -1.62. The summed E-state index contributed by atoms with van der Waals surface area (Å²) in [6.45, 7) is 4.82. The largest absolute Gasteiger partial charge is 0.545 e. The van der Waals surface area contributed by atoms with Crippen LogP contribution in [0.4, 0.5) is 0 Å². The zero-order chi connectivity index (χ0) is 61.9. The Kier molecular flexibility index (Phi) is 65.9. The van der Waals surface area contributed by atoms with Gasteiger partial charge in [0.2, 0.25) is 0 Å². The molecule has 0 saturated carbocycles. The van der Waals surface area contributed by atoms with E-state index in [1.807, 2.05) is 21.1 Å². The number of allylic oxidation sites excluding steroid dienone is 4. The molecule has 502 valence electrons. The average Bonchev–Trinajstić information content (AvgIpc) is 3.48. The number of quaternary nitrogens is 1. The molecule has 0 heterocycles. The summed E-state index contributed by atoms with van der Waals surface area (Å²) in [4.78, 5) is 37.5. The summed E-state index contributed by atoms with van der Waals surface area (Å²) in [6, 6.07) is 0. The van der Waals surface area contributed by atoms with E-state index in [9.17, 15) is 19.5 Å². The summed E-state index contributed by atoms with van der Waals surface area (Å²) in [7, 11) is 5.95. The maximum Gasteiger partial charge on any atom is 0.306 e. The average molecular weight is 1200 g/mol. The fourth-order valence-electron chi connectivity index (χ4n) is 11.4. The number of likely N-dealkylation sites (N-methyl/N-ethyl adjacent to an activating group) is 1. The predicted molar refractivity (Wildman–Crippen MR) is 362 cm³/mol. The Labute approximate surface area is 528 Å². The minimum Gasteiger partial charge on any atom is -0.545 e. The molecule has 2 atom stereocenters. The van der Waals surface area contributed by atoms with Crippen LogP contribution in [0.1, 0.15) is 386 Å². The minimum absolute atomic E-state index is 0.151. The molecule has 0 aliphatic heterocycles. The fourth-order valence-corrected chi connectivity index (χ4v) is 11.4. The first-order valence-electron chi connectivity index (χ1n) is 37.5. The van der Waals surface area contributed by atoms with Gasteiger partial charge in [0.15, 0.2) is 12.4 Å². The number of aliphatic carboxylic acids is 1. The van der Waals surface area contributed by atoms with Crippen molar-refractivity contribution in [1.29, 1.82) is 0 Å². The highest BCUT2D eigenvalue weighted by atomic mass is 16.7. The van der Waals surface area contributed by atoms with Gasteiger partial charge in [-0.25, -0.2) is 0 Å². The SMILES string of the molecule is CCCCCCCCCC/C=C\CCCCCCCCCCCCCCCCCCCCCCCCCCCC(=O)OC(COC(=O)CCCCCCCCCCCCC/C=C\CCCCCCCCCC)COC(OCC[N+](C)(C)C)C(=O)[O-]. The Bertz CT molecular complexity index is 1440. The monoisotopic (exact) mass is 1200 g/mol. The van der Waals surface area contributed by atoms with Gasteiger partial charge in [-0.2, -0.15) is 0 Å². The third-order valence-corrected chi connectivity index (χ3v) is 17.2. The number of carbonyl (C=O) groups excluding carboxylic acids is 3. The molecule has 0 aliphatic carbocycles. The molecule has 0 aromatic rings. The second kappa shape index (κ2) is 67.7. The van der Waals surface area contributed by atoms with Crippen molar-refractivity contribution >= 4 is 17.9 Å². The van der Waals surface area contributed by atoms with Crippen molar-refractivity contribution in [2.24, 2.45) is 0 Å². The maximum absolute atomic E-state index is 12.9. The van der Waals surface area contributed by atoms with Crippen LogP contribution < -0.4 is 5.11 Å². The lowest BCUT2D eigenvalue weighted by molar-refractivity contribution is -0.870. The number of nitrogens with zero attached hydrogens (tertiary/aromatic N) is 1. The van der Waals surface area contributed by atoms with Gasteiger partial charge in [0.1, 0.15) is 13.2 Å². The summed E-state index contributed by atoms with van der Waals surface area (Å²) >= 11 is 0. The number of carboxylic acid groups (broad SMARTS) is 1. The molecule has 0 aromatic heterocycles. The van der Waals surface area contributed by atoms with Gasteiger partial charge < -0.3 is 33.3 Å². The fraction of sp³-hybridized carbons (Fsp3) is 0.908. The maximum atomic E-state index is 12.9. The first-order chi connectivity index (χ1) is 41.6. The zero-order valence-corrected chi connectivity index (χ0v) is 57.5. The number of unbranched alkanes of at least 4 members (excludes halogenated alkanes) is 52. The number of hydrogen-bond donors (Lipinski definition) is 0. The lowest BCUT2D eigenvalue weighted by Crippen LogP contribution is -2.44. The number of esters is 2. The van der Waals surface area contributed by atoms with E-state index >= 15 is 0 Å². The van der Waals surface area contributed by atoms with Crippen LogP contribution in [0.2, 0.25) is 0 Å². The van der Waals surface area contributed by atoms with Crippen LogP contribution in [0.25, 0.3) is 0 Å². The molecule has 85 heavy (non-hydrogen) atoms. The number of rotatable bonds is 71. The van der Waals surface area contributed by atoms with Crippen LogP contribution in [-0.2, 0) is 33.3 Å². The molecule has 0 rings (SSSR count). The van der Waals surface area contributed by atoms with Crippen molar-refractivity contribution < 1.29 is 42.9 Å². The highest BCUT2D eigenvalue weighted by Crippen LogP contribution is 2.19. The van der Waals surface area contributed by atoms with Crippen molar-refractivity contribution in [2.75, 3.05) is 47.5 Å². The van der Waals surface area contributed by atoms with Gasteiger partial charge in [-0.3, -0.25) is 9.59 Å². The van der Waals surface area contributed by atoms with Crippen LogP contribution in [0.15, 0.2) is 24.3 Å². The Morgan fingerprint density at radius 3 is 0.871 bits per heavy atom. The van der Waals surface area contributed by atoms with E-state index in [4.69, 9.17) is 18.9 Å². The van der Waals surface area contributed by atoms with Gasteiger partial charge in [0.05, 0.1) is 40.3 Å². The first-order valence-corrected chi connectivity index (χ1v) is 37.5. The van der Waals surface area contributed by atoms with Crippen molar-refractivity contribution in [3.8, 4) is 0 Å². The number of carboxylic acids is 1. The molecule has 0 bridgehead atoms. The normalized spacial score (nSPS) is 12.7. The highest BCUT2D eigenvalue weighted by Gasteiger charge is 2.22. The molecule has 2 unspecified atom stereocenters. The summed E-state index contributed by atoms with van der Waals surface area (Å²) < 4.78 is 22.8. The Morgan fingerprint density at radius 1 is 0.341 bits per heavy atom. The first kappa shape index (κ1) is 82.8. The van der Waals surface area contributed by atoms with E-state index in [0.29, 0.717) is 17.4 Å².